The number of carbonyl (C=O) groups is 3. The van der Waals surface area contributed by atoms with Gasteiger partial charge in [0.25, 0.3) is 5.91 Å². The maximum atomic E-state index is 12.0. The number of hydrogen-bond acceptors (Lipinski definition) is 3. The fraction of sp³-hybridized carbons (Fsp3) is 0.182. The second-order valence-corrected chi connectivity index (χ2v) is 5.14. The van der Waals surface area contributed by atoms with Crippen molar-refractivity contribution in [2.45, 2.75) is 0 Å². The topological polar surface area (TPSA) is 57.7 Å². The van der Waals surface area contributed by atoms with E-state index in [9.17, 15) is 14.4 Å². The first kappa shape index (κ1) is 14.1. The molecule has 0 spiro atoms. The largest absolute Gasteiger partial charge is 0.332 e. The Hall–Kier alpha value is -1.30. The van der Waals surface area contributed by atoms with Gasteiger partial charge in [-0.1, -0.05) is 23.2 Å². The van der Waals surface area contributed by atoms with Crippen molar-refractivity contribution in [1.82, 2.24) is 4.90 Å². The first-order valence-corrected chi connectivity index (χ1v) is 6.28. The summed E-state index contributed by atoms with van der Waals surface area (Å²) in [5, 5.41) is -0.114. The lowest BCUT2D eigenvalue weighted by atomic mass is 10.3. The molecule has 1 aromatic carbocycles. The van der Waals surface area contributed by atoms with E-state index in [4.69, 9.17) is 34.8 Å². The van der Waals surface area contributed by atoms with Crippen molar-refractivity contribution in [3.63, 3.8) is 0 Å². The number of carbonyl (C=O) groups excluding carboxylic acids is 3. The number of anilines is 1. The molecule has 19 heavy (non-hydrogen) atoms. The highest BCUT2D eigenvalue weighted by Gasteiger charge is 2.37. The number of halogens is 3. The Labute approximate surface area is 123 Å². The molecule has 1 aromatic rings. The van der Waals surface area contributed by atoms with E-state index < -0.39 is 17.2 Å². The normalized spacial score (nSPS) is 15.3. The third-order valence-corrected chi connectivity index (χ3v) is 3.01. The van der Waals surface area contributed by atoms with Gasteiger partial charge >= 0.3 is 6.03 Å². The van der Waals surface area contributed by atoms with Crippen LogP contribution in [0.25, 0.3) is 0 Å². The average molecular weight is 322 g/mol. The molecule has 8 heteroatoms. The Morgan fingerprint density at radius 2 is 1.74 bits per heavy atom. The number of nitrogens with zero attached hydrogens (tertiary/aromatic N) is 2. The quantitative estimate of drug-likeness (QED) is 0.635. The number of hydrogen-bond donors (Lipinski definition) is 0. The van der Waals surface area contributed by atoms with Gasteiger partial charge in [0, 0.05) is 10.0 Å². The van der Waals surface area contributed by atoms with Crippen LogP contribution in [0.15, 0.2) is 18.2 Å². The molecule has 1 saturated heterocycles. The molecule has 2 rings (SSSR count). The van der Waals surface area contributed by atoms with Crippen molar-refractivity contribution in [2.24, 2.45) is 0 Å². The zero-order chi connectivity index (χ0) is 14.2. The monoisotopic (exact) mass is 320 g/mol. The van der Waals surface area contributed by atoms with E-state index in [1.54, 1.807) is 0 Å². The molecule has 1 fully saturated rings. The van der Waals surface area contributed by atoms with Crippen LogP contribution in [-0.4, -0.2) is 35.2 Å². The number of urea groups is 1. The van der Waals surface area contributed by atoms with Crippen LogP contribution in [0.3, 0.4) is 0 Å². The lowest BCUT2D eigenvalue weighted by Crippen LogP contribution is -2.34. The first-order valence-electron chi connectivity index (χ1n) is 5.15. The summed E-state index contributed by atoms with van der Waals surface area (Å²) in [6.07, 6.45) is 0. The maximum absolute atomic E-state index is 12.0. The van der Waals surface area contributed by atoms with Gasteiger partial charge in [0.2, 0.25) is 5.24 Å². The van der Waals surface area contributed by atoms with E-state index in [2.05, 4.69) is 0 Å². The van der Waals surface area contributed by atoms with Crippen LogP contribution in [0, 0.1) is 0 Å². The van der Waals surface area contributed by atoms with Crippen molar-refractivity contribution in [1.29, 1.82) is 0 Å². The van der Waals surface area contributed by atoms with Gasteiger partial charge in [-0.2, -0.15) is 0 Å². The summed E-state index contributed by atoms with van der Waals surface area (Å²) < 4.78 is 0. The van der Waals surface area contributed by atoms with Crippen molar-refractivity contribution < 1.29 is 14.4 Å². The summed E-state index contributed by atoms with van der Waals surface area (Å²) >= 11 is 16.9. The molecular formula is C11H7Cl3N2O3. The minimum Gasteiger partial charge on any atom is -0.306 e. The Kier molecular flexibility index (Phi) is 3.99. The van der Waals surface area contributed by atoms with E-state index in [1.807, 2.05) is 0 Å². The summed E-state index contributed by atoms with van der Waals surface area (Å²) in [4.78, 5) is 36.6. The lowest BCUT2D eigenvalue weighted by molar-refractivity contribution is -0.116. The summed E-state index contributed by atoms with van der Waals surface area (Å²) in [5.41, 5.74) is 0.261. The van der Waals surface area contributed by atoms with Gasteiger partial charge in [-0.15, -0.1) is 0 Å². The fourth-order valence-electron chi connectivity index (χ4n) is 1.75. The highest BCUT2D eigenvalue weighted by atomic mass is 35.5. The molecule has 0 bridgehead atoms. The van der Waals surface area contributed by atoms with E-state index in [-0.39, 0.29) is 18.8 Å². The van der Waals surface area contributed by atoms with Gasteiger partial charge in [0.15, 0.2) is 0 Å². The predicted molar refractivity (Wildman–Crippen MR) is 71.8 cm³/mol. The Morgan fingerprint density at radius 1 is 1.16 bits per heavy atom. The van der Waals surface area contributed by atoms with Gasteiger partial charge in [0.1, 0.15) is 6.54 Å². The Bertz CT molecular complexity index is 556. The SMILES string of the molecule is O=C(Cl)CN1CC(=O)N(c2cc(Cl)cc(Cl)c2)C1=O. The molecule has 1 aliphatic rings. The van der Waals surface area contributed by atoms with Crippen LogP contribution >= 0.6 is 34.8 Å². The molecule has 0 unspecified atom stereocenters. The van der Waals surface area contributed by atoms with Crippen LogP contribution < -0.4 is 4.90 Å². The second-order valence-electron chi connectivity index (χ2n) is 3.85. The van der Waals surface area contributed by atoms with Crippen LogP contribution in [0.5, 0.6) is 0 Å². The van der Waals surface area contributed by atoms with Crippen LogP contribution in [0.4, 0.5) is 10.5 Å². The first-order chi connectivity index (χ1) is 8.88. The van der Waals surface area contributed by atoms with Crippen LogP contribution in [0.2, 0.25) is 10.0 Å². The number of rotatable bonds is 3. The van der Waals surface area contributed by atoms with Crippen LogP contribution in [0.1, 0.15) is 0 Å². The molecule has 0 atom stereocenters. The summed E-state index contributed by atoms with van der Waals surface area (Å²) in [6.45, 7) is -0.529. The van der Waals surface area contributed by atoms with Gasteiger partial charge in [-0.3, -0.25) is 9.59 Å². The van der Waals surface area contributed by atoms with Crippen molar-refractivity contribution in [3.8, 4) is 0 Å². The number of amides is 3. The van der Waals surface area contributed by atoms with Crippen molar-refractivity contribution in [3.05, 3.63) is 28.2 Å². The highest BCUT2D eigenvalue weighted by Crippen LogP contribution is 2.28. The summed E-state index contributed by atoms with van der Waals surface area (Å²) in [7, 11) is 0. The Morgan fingerprint density at radius 3 is 2.26 bits per heavy atom. The minimum absolute atomic E-state index is 0.207. The molecule has 1 heterocycles. The second kappa shape index (κ2) is 5.36. The van der Waals surface area contributed by atoms with E-state index in [0.29, 0.717) is 10.0 Å². The molecule has 0 radical (unpaired) electrons. The highest BCUT2D eigenvalue weighted by molar-refractivity contribution is 6.64. The molecule has 100 valence electrons. The molecule has 5 nitrogen and oxygen atoms in total. The summed E-state index contributed by atoms with van der Waals surface area (Å²) in [5.74, 6) is -0.471. The van der Waals surface area contributed by atoms with Gasteiger partial charge in [0.05, 0.1) is 12.2 Å². The maximum Gasteiger partial charge on any atom is 0.332 e. The number of imide groups is 1. The molecule has 0 N–H and O–H groups in total. The van der Waals surface area contributed by atoms with Crippen molar-refractivity contribution in [2.75, 3.05) is 18.0 Å². The van der Waals surface area contributed by atoms with Crippen LogP contribution in [-0.2, 0) is 9.59 Å². The molecule has 1 aliphatic heterocycles. The zero-order valence-electron chi connectivity index (χ0n) is 9.40. The number of benzene rings is 1. The lowest BCUT2D eigenvalue weighted by Gasteiger charge is -2.16. The third kappa shape index (κ3) is 3.00. The van der Waals surface area contributed by atoms with E-state index >= 15 is 0 Å². The van der Waals surface area contributed by atoms with Gasteiger partial charge in [-0.25, -0.2) is 9.69 Å². The molecule has 0 aromatic heterocycles. The van der Waals surface area contributed by atoms with Gasteiger partial charge < -0.3 is 4.90 Å². The zero-order valence-corrected chi connectivity index (χ0v) is 11.7. The fourth-order valence-corrected chi connectivity index (χ4v) is 2.40. The predicted octanol–water partition coefficient (Wildman–Crippen LogP) is 2.53. The van der Waals surface area contributed by atoms with E-state index in [0.717, 1.165) is 9.80 Å². The Balaban J connectivity index is 2.32. The smallest absolute Gasteiger partial charge is 0.306 e. The summed E-state index contributed by atoms with van der Waals surface area (Å²) in [6, 6.07) is 3.74. The van der Waals surface area contributed by atoms with Crippen molar-refractivity contribution >= 4 is 57.7 Å². The molecule has 0 saturated carbocycles. The molecule has 0 aliphatic carbocycles. The minimum atomic E-state index is -0.716. The average Bonchev–Trinajstić information content (AvgIpc) is 2.51. The van der Waals surface area contributed by atoms with E-state index in [1.165, 1.54) is 18.2 Å². The van der Waals surface area contributed by atoms with Gasteiger partial charge in [-0.05, 0) is 29.8 Å². The molecular weight excluding hydrogens is 314 g/mol. The molecule has 3 amide bonds. The third-order valence-electron chi connectivity index (χ3n) is 2.46. The standard InChI is InChI=1S/C11H7Cl3N2O3/c12-6-1-7(13)3-8(2-6)16-10(18)5-15(11(16)19)4-9(14)17/h1-3H,4-5H2.